The minimum absolute atomic E-state index is 0.0496. The summed E-state index contributed by atoms with van der Waals surface area (Å²) in [7, 11) is -3.80. The van der Waals surface area contributed by atoms with Gasteiger partial charge in [0.2, 0.25) is 0 Å². The Morgan fingerprint density at radius 3 is 2.40 bits per heavy atom. The van der Waals surface area contributed by atoms with Crippen LogP contribution >= 0.6 is 0 Å². The monoisotopic (exact) mass is 228 g/mol. The minimum atomic E-state index is -3.80. The average Bonchev–Trinajstić information content (AvgIpc) is 2.17. The second-order valence-corrected chi connectivity index (χ2v) is 4.57. The smallest absolute Gasteiger partial charge is 0.321 e. The van der Waals surface area contributed by atoms with Crippen molar-refractivity contribution in [3.8, 4) is 0 Å². The summed E-state index contributed by atoms with van der Waals surface area (Å²) in [4.78, 5) is 10.8. The van der Waals surface area contributed by atoms with E-state index in [4.69, 9.17) is 0 Å². The van der Waals surface area contributed by atoms with Gasteiger partial charge in [0.1, 0.15) is 5.75 Å². The van der Waals surface area contributed by atoms with Gasteiger partial charge in [-0.1, -0.05) is 37.3 Å². The van der Waals surface area contributed by atoms with Crippen LogP contribution in [0.5, 0.6) is 0 Å². The summed E-state index contributed by atoms with van der Waals surface area (Å²) in [6, 6.07) is 8.57. The molecule has 0 atom stereocenters. The highest BCUT2D eigenvalue weighted by Gasteiger charge is 2.16. The summed E-state index contributed by atoms with van der Waals surface area (Å²) in [5.41, 5.74) is 0.599. The van der Waals surface area contributed by atoms with Gasteiger partial charge in [0.05, 0.1) is 0 Å². The molecule has 0 heterocycles. The summed E-state index contributed by atoms with van der Waals surface area (Å²) in [6.45, 7) is 1.54. The molecule has 1 aromatic carbocycles. The Hall–Kier alpha value is -1.36. The Morgan fingerprint density at radius 1 is 1.27 bits per heavy atom. The molecule has 0 bridgehead atoms. The van der Waals surface area contributed by atoms with E-state index < -0.39 is 16.1 Å². The summed E-state index contributed by atoms with van der Waals surface area (Å²) in [5.74, 6) is -1.01. The van der Waals surface area contributed by atoms with Gasteiger partial charge < -0.3 is 4.18 Å². The van der Waals surface area contributed by atoms with E-state index in [2.05, 4.69) is 4.18 Å². The van der Waals surface area contributed by atoms with Crippen LogP contribution < -0.4 is 0 Å². The van der Waals surface area contributed by atoms with Crippen LogP contribution in [0.3, 0.4) is 0 Å². The first-order chi connectivity index (χ1) is 7.03. The van der Waals surface area contributed by atoms with Crippen molar-refractivity contribution in [3.63, 3.8) is 0 Å². The van der Waals surface area contributed by atoms with Crippen molar-refractivity contribution in [1.82, 2.24) is 0 Å². The van der Waals surface area contributed by atoms with Crippen molar-refractivity contribution in [2.24, 2.45) is 0 Å². The maximum Gasteiger partial charge on any atom is 0.321 e. The lowest BCUT2D eigenvalue weighted by Gasteiger charge is -2.03. The largest absolute Gasteiger partial charge is 0.345 e. The lowest BCUT2D eigenvalue weighted by molar-refractivity contribution is -0.133. The van der Waals surface area contributed by atoms with Crippen LogP contribution in [0.25, 0.3) is 0 Å². The molecule has 4 nitrogen and oxygen atoms in total. The molecule has 82 valence electrons. The number of rotatable bonds is 4. The molecular weight excluding hydrogens is 216 g/mol. The lowest BCUT2D eigenvalue weighted by atomic mass is 10.2. The van der Waals surface area contributed by atoms with Crippen molar-refractivity contribution in [2.75, 3.05) is 0 Å². The van der Waals surface area contributed by atoms with E-state index in [-0.39, 0.29) is 12.2 Å². The highest BCUT2D eigenvalue weighted by atomic mass is 32.2. The van der Waals surface area contributed by atoms with Crippen LogP contribution in [0, 0.1) is 0 Å². The minimum Gasteiger partial charge on any atom is -0.345 e. The third-order valence-electron chi connectivity index (χ3n) is 1.69. The molecule has 1 rings (SSSR count). The molecule has 0 N–H and O–H groups in total. The molecule has 1 aromatic rings. The zero-order valence-electron chi connectivity index (χ0n) is 8.34. The number of carbonyl (C=O) groups is 1. The van der Waals surface area contributed by atoms with Gasteiger partial charge >= 0.3 is 16.1 Å². The molecule has 0 saturated heterocycles. The van der Waals surface area contributed by atoms with Crippen molar-refractivity contribution in [3.05, 3.63) is 35.9 Å². The van der Waals surface area contributed by atoms with Crippen LogP contribution in [0.1, 0.15) is 18.9 Å². The fourth-order valence-corrected chi connectivity index (χ4v) is 2.07. The normalized spacial score (nSPS) is 11.0. The van der Waals surface area contributed by atoms with Crippen LogP contribution in [0.4, 0.5) is 0 Å². The number of carbonyl (C=O) groups excluding carboxylic acids is 1. The van der Waals surface area contributed by atoms with E-state index in [9.17, 15) is 13.2 Å². The Morgan fingerprint density at radius 2 is 1.87 bits per heavy atom. The maximum absolute atomic E-state index is 11.3. The highest BCUT2D eigenvalue weighted by molar-refractivity contribution is 7.86. The second-order valence-electron chi connectivity index (χ2n) is 3.00. The van der Waals surface area contributed by atoms with E-state index in [0.717, 1.165) is 0 Å². The first-order valence-corrected chi connectivity index (χ1v) is 6.10. The molecule has 0 spiro atoms. The number of benzene rings is 1. The van der Waals surface area contributed by atoms with E-state index in [0.29, 0.717) is 5.56 Å². The molecule has 0 amide bonds. The van der Waals surface area contributed by atoms with Crippen molar-refractivity contribution in [2.45, 2.75) is 19.1 Å². The summed E-state index contributed by atoms with van der Waals surface area (Å²) in [6.07, 6.45) is 0.0496. The van der Waals surface area contributed by atoms with E-state index in [1.165, 1.54) is 0 Å². The van der Waals surface area contributed by atoms with Gasteiger partial charge in [0.25, 0.3) is 0 Å². The SMILES string of the molecule is CCC(=O)OS(=O)(=O)Cc1ccccc1. The predicted molar refractivity (Wildman–Crippen MR) is 55.4 cm³/mol. The van der Waals surface area contributed by atoms with Gasteiger partial charge in [-0.2, -0.15) is 8.42 Å². The standard InChI is InChI=1S/C10H12O4S/c1-2-10(11)14-15(12,13)8-9-6-4-3-5-7-9/h3-7H,2,8H2,1H3. The van der Waals surface area contributed by atoms with Gasteiger partial charge in [-0.25, -0.2) is 0 Å². The quantitative estimate of drug-likeness (QED) is 0.732. The van der Waals surface area contributed by atoms with Crippen LogP contribution in [0.2, 0.25) is 0 Å². The van der Waals surface area contributed by atoms with Gasteiger partial charge in [-0.3, -0.25) is 4.79 Å². The molecule has 15 heavy (non-hydrogen) atoms. The fourth-order valence-electron chi connectivity index (χ4n) is 1.01. The summed E-state index contributed by atoms with van der Waals surface area (Å²) < 4.78 is 27.0. The average molecular weight is 228 g/mol. The molecule has 5 heteroatoms. The second kappa shape index (κ2) is 4.93. The lowest BCUT2D eigenvalue weighted by Crippen LogP contribution is -2.13. The van der Waals surface area contributed by atoms with Crippen LogP contribution in [-0.2, 0) is 24.8 Å². The first kappa shape index (κ1) is 11.7. The Balaban J connectivity index is 2.69. The van der Waals surface area contributed by atoms with Crippen molar-refractivity contribution < 1.29 is 17.4 Å². The van der Waals surface area contributed by atoms with Crippen molar-refractivity contribution in [1.29, 1.82) is 0 Å². The molecule has 0 aliphatic heterocycles. The van der Waals surface area contributed by atoms with Crippen LogP contribution in [-0.4, -0.2) is 14.4 Å². The molecule has 0 unspecified atom stereocenters. The first-order valence-electron chi connectivity index (χ1n) is 4.52. The van der Waals surface area contributed by atoms with E-state index >= 15 is 0 Å². The predicted octanol–water partition coefficient (Wildman–Crippen LogP) is 1.47. The van der Waals surface area contributed by atoms with Gasteiger partial charge in [0, 0.05) is 6.42 Å². The van der Waals surface area contributed by atoms with Gasteiger partial charge in [-0.15, -0.1) is 0 Å². The maximum atomic E-state index is 11.3. The zero-order valence-corrected chi connectivity index (χ0v) is 9.16. The molecule has 0 aliphatic carbocycles. The number of hydrogen-bond acceptors (Lipinski definition) is 4. The van der Waals surface area contributed by atoms with Crippen molar-refractivity contribution >= 4 is 16.1 Å². The molecule has 0 aromatic heterocycles. The molecule has 0 saturated carbocycles. The van der Waals surface area contributed by atoms with Crippen LogP contribution in [0.15, 0.2) is 30.3 Å². The van der Waals surface area contributed by atoms with Gasteiger partial charge in [0.15, 0.2) is 0 Å². The molecule has 0 aliphatic rings. The fraction of sp³-hybridized carbons (Fsp3) is 0.300. The Bertz CT molecular complexity index is 422. The van der Waals surface area contributed by atoms with E-state index in [1.54, 1.807) is 37.3 Å². The Labute approximate surface area is 89.0 Å². The zero-order chi connectivity index (χ0) is 11.3. The molecule has 0 radical (unpaired) electrons. The molecule has 0 fully saturated rings. The Kier molecular flexibility index (Phi) is 3.85. The third-order valence-corrected chi connectivity index (χ3v) is 2.82. The highest BCUT2D eigenvalue weighted by Crippen LogP contribution is 2.07. The number of hydrogen-bond donors (Lipinski definition) is 0. The summed E-state index contributed by atoms with van der Waals surface area (Å²) in [5, 5.41) is 0. The third kappa shape index (κ3) is 4.12. The topological polar surface area (TPSA) is 60.4 Å². The van der Waals surface area contributed by atoms with Gasteiger partial charge in [-0.05, 0) is 5.56 Å². The molecular formula is C10H12O4S. The summed E-state index contributed by atoms with van der Waals surface area (Å²) >= 11 is 0. The van der Waals surface area contributed by atoms with E-state index in [1.807, 2.05) is 0 Å².